The van der Waals surface area contributed by atoms with Crippen molar-refractivity contribution in [3.8, 4) is 0 Å². The fourth-order valence-electron chi connectivity index (χ4n) is 1.98. The molecule has 108 valence electrons. The summed E-state index contributed by atoms with van der Waals surface area (Å²) < 4.78 is 0. The van der Waals surface area contributed by atoms with Crippen LogP contribution in [-0.4, -0.2) is 38.6 Å². The first-order valence-electron chi connectivity index (χ1n) is 7.11. The predicted molar refractivity (Wildman–Crippen MR) is 81.8 cm³/mol. The van der Waals surface area contributed by atoms with E-state index in [4.69, 9.17) is 5.73 Å². The second kappa shape index (κ2) is 13.1. The highest BCUT2D eigenvalue weighted by molar-refractivity contribution is 5.85. The van der Waals surface area contributed by atoms with E-state index in [1.807, 2.05) is 0 Å². The smallest absolute Gasteiger partial charge is 0.0963 e. The lowest BCUT2D eigenvalue weighted by Crippen LogP contribution is -2.25. The highest BCUT2D eigenvalue weighted by Crippen LogP contribution is 2.05. The molecule has 5 heteroatoms. The van der Waals surface area contributed by atoms with Gasteiger partial charge in [0.15, 0.2) is 0 Å². The molecule has 0 aromatic heterocycles. The van der Waals surface area contributed by atoms with Gasteiger partial charge in [-0.2, -0.15) is 0 Å². The molecule has 18 heavy (non-hydrogen) atoms. The second-order valence-corrected chi connectivity index (χ2v) is 4.67. The van der Waals surface area contributed by atoms with Crippen LogP contribution in [0, 0.1) is 0 Å². The Hall–Kier alpha value is -0.320. The summed E-state index contributed by atoms with van der Waals surface area (Å²) in [5.74, 6) is 1.23. The van der Waals surface area contributed by atoms with Crippen molar-refractivity contribution in [1.82, 2.24) is 10.6 Å². The molecule has 0 unspecified atom stereocenters. The molecule has 0 saturated carbocycles. The molecule has 1 heterocycles. The molecule has 4 N–H and O–H groups in total. The zero-order valence-electron chi connectivity index (χ0n) is 11.4. The van der Waals surface area contributed by atoms with Crippen molar-refractivity contribution < 1.29 is 0 Å². The first-order valence-corrected chi connectivity index (χ1v) is 7.11. The van der Waals surface area contributed by atoms with E-state index in [0.29, 0.717) is 0 Å². The molecule has 0 aliphatic carbocycles. The monoisotopic (exact) mass is 276 g/mol. The minimum absolute atomic E-state index is 0. The number of amidine groups is 1. The Balaban J connectivity index is 0.00000289. The van der Waals surface area contributed by atoms with Gasteiger partial charge < -0.3 is 16.4 Å². The van der Waals surface area contributed by atoms with Gasteiger partial charge in [-0.15, -0.1) is 12.4 Å². The van der Waals surface area contributed by atoms with Crippen molar-refractivity contribution in [2.45, 2.75) is 44.9 Å². The van der Waals surface area contributed by atoms with E-state index >= 15 is 0 Å². The minimum Gasteiger partial charge on any atom is -0.374 e. The van der Waals surface area contributed by atoms with Crippen molar-refractivity contribution in [3.63, 3.8) is 0 Å². The SMILES string of the molecule is Cl.NCCCNCCCCNC1=NCCCCC1. The van der Waals surface area contributed by atoms with Gasteiger partial charge in [-0.1, -0.05) is 6.42 Å². The fraction of sp³-hybridized carbons (Fsp3) is 0.923. The highest BCUT2D eigenvalue weighted by atomic mass is 35.5. The zero-order valence-corrected chi connectivity index (χ0v) is 12.2. The number of halogens is 1. The van der Waals surface area contributed by atoms with Crippen molar-refractivity contribution >= 4 is 18.2 Å². The molecule has 1 aliphatic heterocycles. The number of unbranched alkanes of at least 4 members (excludes halogenated alkanes) is 1. The number of aliphatic imine (C=N–C) groups is 1. The lowest BCUT2D eigenvalue weighted by molar-refractivity contribution is 0.601. The summed E-state index contributed by atoms with van der Waals surface area (Å²) in [5, 5.41) is 6.86. The van der Waals surface area contributed by atoms with Crippen molar-refractivity contribution in [2.75, 3.05) is 32.7 Å². The average Bonchev–Trinajstić information content (AvgIpc) is 2.61. The largest absolute Gasteiger partial charge is 0.374 e. The van der Waals surface area contributed by atoms with Crippen LogP contribution in [0.25, 0.3) is 0 Å². The lowest BCUT2D eigenvalue weighted by atomic mass is 10.2. The van der Waals surface area contributed by atoms with Crippen molar-refractivity contribution in [3.05, 3.63) is 0 Å². The summed E-state index contributed by atoms with van der Waals surface area (Å²) in [4.78, 5) is 4.56. The van der Waals surface area contributed by atoms with E-state index in [9.17, 15) is 0 Å². The first-order chi connectivity index (χ1) is 8.43. The molecule has 0 fully saturated rings. The van der Waals surface area contributed by atoms with Gasteiger partial charge in [0.2, 0.25) is 0 Å². The topological polar surface area (TPSA) is 62.4 Å². The van der Waals surface area contributed by atoms with Crippen molar-refractivity contribution in [2.24, 2.45) is 10.7 Å². The van der Waals surface area contributed by atoms with Crippen LogP contribution < -0.4 is 16.4 Å². The zero-order chi connectivity index (χ0) is 12.2. The standard InChI is InChI=1S/C13H28N4.ClH/c14-8-6-10-15-9-4-5-12-17-13-7-2-1-3-11-16-13;/h15H,1-12,14H2,(H,16,17);1H. The van der Waals surface area contributed by atoms with E-state index in [0.717, 1.165) is 45.6 Å². The van der Waals surface area contributed by atoms with Gasteiger partial charge in [0.25, 0.3) is 0 Å². The van der Waals surface area contributed by atoms with E-state index in [1.54, 1.807) is 0 Å². The van der Waals surface area contributed by atoms with Crippen molar-refractivity contribution in [1.29, 1.82) is 0 Å². The van der Waals surface area contributed by atoms with Gasteiger partial charge >= 0.3 is 0 Å². The van der Waals surface area contributed by atoms with Crippen LogP contribution in [-0.2, 0) is 0 Å². The summed E-state index contributed by atoms with van der Waals surface area (Å²) in [6, 6.07) is 0. The maximum Gasteiger partial charge on any atom is 0.0963 e. The third kappa shape index (κ3) is 9.68. The van der Waals surface area contributed by atoms with Gasteiger partial charge in [0.1, 0.15) is 0 Å². The maximum absolute atomic E-state index is 5.42. The molecule has 1 aliphatic rings. The summed E-state index contributed by atoms with van der Waals surface area (Å²) in [6.07, 6.45) is 8.56. The number of hydrogen-bond donors (Lipinski definition) is 3. The molecule has 0 atom stereocenters. The van der Waals surface area contributed by atoms with E-state index in [1.165, 1.54) is 37.9 Å². The molecule has 0 amide bonds. The van der Waals surface area contributed by atoms with Crippen LogP contribution in [0.3, 0.4) is 0 Å². The normalized spacial score (nSPS) is 15.5. The molecule has 0 spiro atoms. The number of rotatable bonds is 8. The first kappa shape index (κ1) is 17.7. The van der Waals surface area contributed by atoms with Crippen LogP contribution in [0.1, 0.15) is 44.9 Å². The molecular formula is C13H29ClN4. The Labute approximate surface area is 118 Å². The van der Waals surface area contributed by atoms with Gasteiger partial charge in [0.05, 0.1) is 5.84 Å². The van der Waals surface area contributed by atoms with Crippen LogP contribution >= 0.6 is 12.4 Å². The molecule has 0 aromatic carbocycles. The maximum atomic E-state index is 5.42. The summed E-state index contributed by atoms with van der Waals surface area (Å²) >= 11 is 0. The lowest BCUT2D eigenvalue weighted by Gasteiger charge is -2.08. The quantitative estimate of drug-likeness (QED) is 0.591. The van der Waals surface area contributed by atoms with Crippen LogP contribution in [0.5, 0.6) is 0 Å². The summed E-state index contributed by atoms with van der Waals surface area (Å²) in [7, 11) is 0. The summed E-state index contributed by atoms with van der Waals surface area (Å²) in [6.45, 7) is 5.03. The minimum atomic E-state index is 0. The predicted octanol–water partition coefficient (Wildman–Crippen LogP) is 1.69. The third-order valence-electron chi connectivity index (χ3n) is 3.04. The Morgan fingerprint density at radius 3 is 2.61 bits per heavy atom. The Bertz CT molecular complexity index is 209. The van der Waals surface area contributed by atoms with Crippen LogP contribution in [0.2, 0.25) is 0 Å². The van der Waals surface area contributed by atoms with Crippen LogP contribution in [0.4, 0.5) is 0 Å². The van der Waals surface area contributed by atoms with Gasteiger partial charge in [-0.3, -0.25) is 4.99 Å². The number of nitrogens with one attached hydrogen (secondary N) is 2. The second-order valence-electron chi connectivity index (χ2n) is 4.67. The number of hydrogen-bond acceptors (Lipinski definition) is 4. The van der Waals surface area contributed by atoms with Gasteiger partial charge in [0, 0.05) is 19.5 Å². The van der Waals surface area contributed by atoms with E-state index in [-0.39, 0.29) is 12.4 Å². The number of nitrogens with two attached hydrogens (primary N) is 1. The average molecular weight is 277 g/mol. The van der Waals surface area contributed by atoms with Crippen LogP contribution in [0.15, 0.2) is 4.99 Å². The molecule has 4 nitrogen and oxygen atoms in total. The molecule has 0 radical (unpaired) electrons. The van der Waals surface area contributed by atoms with Gasteiger partial charge in [-0.05, 0) is 51.7 Å². The Kier molecular flexibility index (Phi) is 12.9. The molecule has 0 bridgehead atoms. The third-order valence-corrected chi connectivity index (χ3v) is 3.04. The molecule has 0 aromatic rings. The number of nitrogens with zero attached hydrogens (tertiary/aromatic N) is 1. The van der Waals surface area contributed by atoms with E-state index in [2.05, 4.69) is 15.6 Å². The molecular weight excluding hydrogens is 248 g/mol. The Morgan fingerprint density at radius 2 is 1.78 bits per heavy atom. The fourth-order valence-corrected chi connectivity index (χ4v) is 1.98. The highest BCUT2D eigenvalue weighted by Gasteiger charge is 2.02. The summed E-state index contributed by atoms with van der Waals surface area (Å²) in [5.41, 5.74) is 5.42. The molecule has 1 rings (SSSR count). The van der Waals surface area contributed by atoms with Gasteiger partial charge in [-0.25, -0.2) is 0 Å². The molecule has 0 saturated heterocycles. The Morgan fingerprint density at radius 1 is 1.00 bits per heavy atom. The van der Waals surface area contributed by atoms with E-state index < -0.39 is 0 Å².